The fourth-order valence-corrected chi connectivity index (χ4v) is 6.03. The first-order valence-corrected chi connectivity index (χ1v) is 14.2. The fraction of sp³-hybridized carbons (Fsp3) is 0.333. The molecule has 7 N–H and O–H groups in total. The second-order valence-corrected chi connectivity index (χ2v) is 12.0. The average molecular weight is 634 g/mol. The zero-order chi connectivity index (χ0) is 26.9. The highest BCUT2D eigenvalue weighted by Gasteiger charge is 2.42. The lowest BCUT2D eigenvalue weighted by Crippen LogP contribution is -2.36. The molecule has 37 heavy (non-hydrogen) atoms. The zero-order valence-electron chi connectivity index (χ0n) is 18.9. The summed E-state index contributed by atoms with van der Waals surface area (Å²) in [5.41, 5.74) is 7.55. The minimum atomic E-state index is -4.21. The molecule has 3 aromatic rings. The number of carbonyl (C=O) groups excluding carboxylic acids is 1. The van der Waals surface area contributed by atoms with Gasteiger partial charge in [0.15, 0.2) is 0 Å². The van der Waals surface area contributed by atoms with Crippen molar-refractivity contribution in [2.45, 2.75) is 30.7 Å². The smallest absolute Gasteiger partial charge is 0.333 e. The summed E-state index contributed by atoms with van der Waals surface area (Å²) in [6, 6.07) is 5.47. The largest absolute Gasteiger partial charge is 0.390 e. The highest BCUT2D eigenvalue weighted by Crippen LogP contribution is 2.36. The summed E-state index contributed by atoms with van der Waals surface area (Å²) in [7, 11) is -4.21. The van der Waals surface area contributed by atoms with E-state index in [0.29, 0.717) is 20.2 Å². The number of ketones is 1. The van der Waals surface area contributed by atoms with Crippen LogP contribution >= 0.6 is 38.9 Å². The summed E-state index contributed by atoms with van der Waals surface area (Å²) < 4.78 is 27.7. The van der Waals surface area contributed by atoms with Crippen LogP contribution in [0.5, 0.6) is 0 Å². The van der Waals surface area contributed by atoms with E-state index in [0.717, 1.165) is 11.3 Å². The lowest BCUT2D eigenvalue weighted by Gasteiger charge is -2.19. The number of aromatic nitrogens is 3. The predicted molar refractivity (Wildman–Crippen MR) is 139 cm³/mol. The molecule has 198 valence electrons. The van der Waals surface area contributed by atoms with Crippen LogP contribution in [0.4, 0.5) is 5.82 Å². The van der Waals surface area contributed by atoms with Crippen molar-refractivity contribution in [2.24, 2.45) is 16.8 Å². The fourth-order valence-electron chi connectivity index (χ4n) is 4.00. The molecule has 1 aliphatic rings. The van der Waals surface area contributed by atoms with E-state index < -0.39 is 52.9 Å². The number of carbonyl (C=O) groups is 1. The van der Waals surface area contributed by atoms with Gasteiger partial charge in [0.25, 0.3) is 0 Å². The van der Waals surface area contributed by atoms with Crippen molar-refractivity contribution in [3.8, 4) is 0 Å². The van der Waals surface area contributed by atoms with Crippen LogP contribution in [0.2, 0.25) is 4.34 Å². The number of nitrogens with two attached hydrogens (primary N) is 2. The summed E-state index contributed by atoms with van der Waals surface area (Å²) in [6.07, 6.45) is 0.0941. The predicted octanol–water partition coefficient (Wildman–Crippen LogP) is 1.37. The van der Waals surface area contributed by atoms with Gasteiger partial charge in [0.1, 0.15) is 22.9 Å². The summed E-state index contributed by atoms with van der Waals surface area (Å²) in [5, 5.41) is 28.6. The number of pyridine rings is 1. The second-order valence-electron chi connectivity index (χ2n) is 8.32. The Labute approximate surface area is 229 Å². The molecule has 0 aliphatic heterocycles. The van der Waals surface area contributed by atoms with Crippen molar-refractivity contribution in [3.05, 3.63) is 67.4 Å². The van der Waals surface area contributed by atoms with Gasteiger partial charge in [-0.05, 0) is 40.5 Å². The Kier molecular flexibility index (Phi) is 8.57. The Hall–Kier alpha value is -2.08. The van der Waals surface area contributed by atoms with Crippen LogP contribution in [0.1, 0.15) is 39.0 Å². The van der Waals surface area contributed by atoms with E-state index in [2.05, 4.69) is 40.4 Å². The van der Waals surface area contributed by atoms with Crippen molar-refractivity contribution in [3.63, 3.8) is 0 Å². The van der Waals surface area contributed by atoms with E-state index in [1.54, 1.807) is 24.3 Å². The van der Waals surface area contributed by atoms with E-state index in [1.165, 1.54) is 12.5 Å². The maximum atomic E-state index is 13.4. The van der Waals surface area contributed by atoms with Crippen LogP contribution in [-0.4, -0.2) is 64.2 Å². The standard InChI is InChI=1S/C21H22BrClN6O6S2/c22-15-3-1-2-12(28-15)16(24)10-5-14(36-20(10)23)18(31)11-6-26-8-27-21(11)29-13-4-9(17(30)19(13)32)7-35-37(25,33)34/h1-3,5-6,8-9,13,16-17,19,30,32H,4,7,24H2,(H2,25,33,34)(H,26,27,29)/t9-,13-,16+,17-,19+/m1/s1. The van der Waals surface area contributed by atoms with Crippen LogP contribution in [0.25, 0.3) is 0 Å². The molecule has 0 spiro atoms. The Bertz CT molecular complexity index is 1410. The van der Waals surface area contributed by atoms with E-state index in [9.17, 15) is 23.4 Å². The average Bonchev–Trinajstić information content (AvgIpc) is 3.36. The number of rotatable bonds is 9. The molecule has 5 atom stereocenters. The van der Waals surface area contributed by atoms with Crippen molar-refractivity contribution >= 4 is 60.8 Å². The van der Waals surface area contributed by atoms with E-state index >= 15 is 0 Å². The normalized spacial score (nSPS) is 22.6. The highest BCUT2D eigenvalue weighted by molar-refractivity contribution is 9.10. The molecule has 0 bridgehead atoms. The monoisotopic (exact) mass is 632 g/mol. The number of anilines is 1. The van der Waals surface area contributed by atoms with E-state index in [4.69, 9.17) is 22.5 Å². The van der Waals surface area contributed by atoms with Crippen molar-refractivity contribution in [1.82, 2.24) is 15.0 Å². The minimum Gasteiger partial charge on any atom is -0.390 e. The lowest BCUT2D eigenvalue weighted by molar-refractivity contribution is 0.00778. The van der Waals surface area contributed by atoms with Gasteiger partial charge in [-0.25, -0.2) is 20.1 Å². The van der Waals surface area contributed by atoms with Crippen LogP contribution in [0, 0.1) is 5.92 Å². The minimum absolute atomic E-state index is 0.104. The molecule has 3 aromatic heterocycles. The number of thiophene rings is 1. The van der Waals surface area contributed by atoms with Gasteiger partial charge in [-0.15, -0.1) is 11.3 Å². The van der Waals surface area contributed by atoms with E-state index in [-0.39, 0.29) is 22.7 Å². The number of nitrogens with zero attached hydrogens (tertiary/aromatic N) is 3. The molecule has 16 heteroatoms. The van der Waals surface area contributed by atoms with Gasteiger partial charge >= 0.3 is 10.3 Å². The Morgan fingerprint density at radius 1 is 1.35 bits per heavy atom. The van der Waals surface area contributed by atoms with Crippen LogP contribution in [0.15, 0.2) is 41.4 Å². The Balaban J connectivity index is 1.54. The van der Waals surface area contributed by atoms with Gasteiger partial charge in [-0.2, -0.15) is 8.42 Å². The first-order chi connectivity index (χ1) is 17.4. The molecule has 4 rings (SSSR count). The molecule has 0 saturated heterocycles. The van der Waals surface area contributed by atoms with Crippen LogP contribution in [-0.2, 0) is 14.5 Å². The topological polar surface area (TPSA) is 204 Å². The SMILES string of the molecule is N[C@H](c1cccc(Br)n1)c1cc(C(=O)c2cncnc2N[C@@H]2C[C@H](COS(N)(=O)=O)[C@@H](O)[C@H]2O)sc1Cl. The van der Waals surface area contributed by atoms with Gasteiger partial charge in [0, 0.05) is 17.7 Å². The Morgan fingerprint density at radius 3 is 2.81 bits per heavy atom. The molecular weight excluding hydrogens is 612 g/mol. The number of hydrogen-bond donors (Lipinski definition) is 5. The van der Waals surface area contributed by atoms with E-state index in [1.807, 2.05) is 0 Å². The maximum Gasteiger partial charge on any atom is 0.333 e. The Morgan fingerprint density at radius 2 is 2.11 bits per heavy atom. The molecular formula is C21H22BrClN6O6S2. The van der Waals surface area contributed by atoms with Gasteiger partial charge in [-0.3, -0.25) is 8.98 Å². The van der Waals surface area contributed by atoms with Crippen molar-refractivity contribution in [2.75, 3.05) is 11.9 Å². The number of aliphatic hydroxyl groups is 2. The summed E-state index contributed by atoms with van der Waals surface area (Å²) in [4.78, 5) is 26.1. The second kappa shape index (κ2) is 11.3. The maximum absolute atomic E-state index is 13.4. The summed E-state index contributed by atoms with van der Waals surface area (Å²) in [6.45, 7) is -0.408. The quantitative estimate of drug-likeness (QED) is 0.168. The third-order valence-electron chi connectivity index (χ3n) is 5.85. The molecule has 3 heterocycles. The van der Waals surface area contributed by atoms with Gasteiger partial charge < -0.3 is 21.3 Å². The summed E-state index contributed by atoms with van der Waals surface area (Å²) >= 11 is 10.8. The number of hydrogen-bond acceptors (Lipinski definition) is 12. The number of nitrogens with one attached hydrogen (secondary N) is 1. The third kappa shape index (κ3) is 6.50. The molecule has 12 nitrogen and oxygen atoms in total. The van der Waals surface area contributed by atoms with Gasteiger partial charge in [0.05, 0.1) is 45.3 Å². The molecule has 1 saturated carbocycles. The van der Waals surface area contributed by atoms with Gasteiger partial charge in [-0.1, -0.05) is 17.7 Å². The highest BCUT2D eigenvalue weighted by atomic mass is 79.9. The lowest BCUT2D eigenvalue weighted by atomic mass is 10.1. The molecule has 1 aliphatic carbocycles. The molecule has 0 amide bonds. The molecule has 1 fully saturated rings. The first-order valence-electron chi connectivity index (χ1n) is 10.8. The van der Waals surface area contributed by atoms with Crippen molar-refractivity contribution in [1.29, 1.82) is 0 Å². The molecule has 0 radical (unpaired) electrons. The zero-order valence-corrected chi connectivity index (χ0v) is 22.8. The number of halogens is 2. The third-order valence-corrected chi connectivity index (χ3v) is 8.15. The van der Waals surface area contributed by atoms with Crippen LogP contribution < -0.4 is 16.2 Å². The number of aliphatic hydroxyl groups excluding tert-OH is 2. The molecule has 0 unspecified atom stereocenters. The van der Waals surface area contributed by atoms with Crippen molar-refractivity contribution < 1.29 is 27.6 Å². The summed E-state index contributed by atoms with van der Waals surface area (Å²) in [5.74, 6) is -1.04. The van der Waals surface area contributed by atoms with Gasteiger partial charge in [0.2, 0.25) is 5.78 Å². The first kappa shape index (κ1) is 27.9. The molecule has 0 aromatic carbocycles. The van der Waals surface area contributed by atoms with Crippen LogP contribution in [0.3, 0.4) is 0 Å².